The highest BCUT2D eigenvalue weighted by Gasteiger charge is 2.11. The Morgan fingerprint density at radius 3 is 2.56 bits per heavy atom. The minimum absolute atomic E-state index is 0.403. The molecule has 1 heterocycles. The van der Waals surface area contributed by atoms with Gasteiger partial charge in [0.1, 0.15) is 0 Å². The maximum atomic E-state index is 2.37. The molecule has 0 atom stereocenters. The Hall–Kier alpha value is -1.24. The standard InChI is InChI=1S/C15H21N/c1-12-6-5-7-14-13(12)8-10-16(14)11-9-15(2,3)4/h5-8,10H,9,11H2,1-4H3. The molecule has 0 unspecified atom stereocenters. The Kier molecular flexibility index (Phi) is 2.79. The van der Waals surface area contributed by atoms with Crippen LogP contribution in [-0.4, -0.2) is 4.57 Å². The molecule has 0 amide bonds. The molecule has 0 spiro atoms. The first kappa shape index (κ1) is 11.3. The third-order valence-corrected chi connectivity index (χ3v) is 3.13. The smallest absolute Gasteiger partial charge is 0.0482 e. The normalized spacial score (nSPS) is 12.2. The van der Waals surface area contributed by atoms with E-state index in [-0.39, 0.29) is 0 Å². The van der Waals surface area contributed by atoms with Gasteiger partial charge in [0.2, 0.25) is 0 Å². The van der Waals surface area contributed by atoms with E-state index in [1.54, 1.807) is 0 Å². The average Bonchev–Trinajstić information content (AvgIpc) is 2.58. The molecule has 1 aromatic heterocycles. The van der Waals surface area contributed by atoms with Crippen molar-refractivity contribution < 1.29 is 0 Å². The summed E-state index contributed by atoms with van der Waals surface area (Å²) in [5.74, 6) is 0. The fraction of sp³-hybridized carbons (Fsp3) is 0.467. The number of hydrogen-bond donors (Lipinski definition) is 0. The lowest BCUT2D eigenvalue weighted by molar-refractivity contribution is 0.353. The van der Waals surface area contributed by atoms with E-state index in [1.165, 1.54) is 22.9 Å². The summed E-state index contributed by atoms with van der Waals surface area (Å²) in [4.78, 5) is 0. The molecule has 0 N–H and O–H groups in total. The Morgan fingerprint density at radius 2 is 1.88 bits per heavy atom. The van der Waals surface area contributed by atoms with Crippen LogP contribution in [0, 0.1) is 12.3 Å². The van der Waals surface area contributed by atoms with Gasteiger partial charge < -0.3 is 4.57 Å². The third-order valence-electron chi connectivity index (χ3n) is 3.13. The fourth-order valence-electron chi connectivity index (χ4n) is 2.03. The predicted octanol–water partition coefficient (Wildman–Crippen LogP) is 4.39. The van der Waals surface area contributed by atoms with E-state index in [2.05, 4.69) is 62.7 Å². The zero-order chi connectivity index (χ0) is 11.8. The molecule has 0 fully saturated rings. The van der Waals surface area contributed by atoms with Crippen LogP contribution in [0.3, 0.4) is 0 Å². The van der Waals surface area contributed by atoms with Crippen LogP contribution in [-0.2, 0) is 6.54 Å². The Bertz CT molecular complexity index is 486. The molecule has 16 heavy (non-hydrogen) atoms. The highest BCUT2D eigenvalue weighted by Crippen LogP contribution is 2.23. The molecule has 2 aromatic rings. The number of hydrogen-bond acceptors (Lipinski definition) is 0. The molecule has 0 saturated heterocycles. The molecule has 0 saturated carbocycles. The minimum atomic E-state index is 0.403. The van der Waals surface area contributed by atoms with Crippen molar-refractivity contribution in [2.24, 2.45) is 5.41 Å². The number of nitrogens with zero attached hydrogens (tertiary/aromatic N) is 1. The summed E-state index contributed by atoms with van der Waals surface area (Å²) in [5.41, 5.74) is 3.14. The summed E-state index contributed by atoms with van der Waals surface area (Å²) in [5, 5.41) is 1.39. The quantitative estimate of drug-likeness (QED) is 0.700. The van der Waals surface area contributed by atoms with E-state index in [9.17, 15) is 0 Å². The predicted molar refractivity (Wildman–Crippen MR) is 70.7 cm³/mol. The molecule has 1 aromatic carbocycles. The lowest BCUT2D eigenvalue weighted by Crippen LogP contribution is -2.09. The van der Waals surface area contributed by atoms with Crippen LogP contribution in [0.4, 0.5) is 0 Å². The molecule has 1 heteroatoms. The zero-order valence-electron chi connectivity index (χ0n) is 10.7. The van der Waals surface area contributed by atoms with E-state index < -0.39 is 0 Å². The number of rotatable bonds is 2. The van der Waals surface area contributed by atoms with Crippen molar-refractivity contribution in [3.05, 3.63) is 36.0 Å². The Morgan fingerprint density at radius 1 is 1.12 bits per heavy atom. The highest BCUT2D eigenvalue weighted by atomic mass is 14.9. The lowest BCUT2D eigenvalue weighted by atomic mass is 9.92. The topological polar surface area (TPSA) is 4.93 Å². The number of benzene rings is 1. The van der Waals surface area contributed by atoms with Crippen LogP contribution in [0.15, 0.2) is 30.5 Å². The largest absolute Gasteiger partial charge is 0.347 e. The van der Waals surface area contributed by atoms with Crippen molar-refractivity contribution in [3.63, 3.8) is 0 Å². The summed E-state index contributed by atoms with van der Waals surface area (Å²) in [6.07, 6.45) is 3.42. The summed E-state index contributed by atoms with van der Waals surface area (Å²) >= 11 is 0. The fourth-order valence-corrected chi connectivity index (χ4v) is 2.03. The highest BCUT2D eigenvalue weighted by molar-refractivity contribution is 5.83. The van der Waals surface area contributed by atoms with Gasteiger partial charge >= 0.3 is 0 Å². The number of aryl methyl sites for hydroxylation is 2. The van der Waals surface area contributed by atoms with Gasteiger partial charge in [-0.1, -0.05) is 32.9 Å². The van der Waals surface area contributed by atoms with Gasteiger partial charge in [0, 0.05) is 23.6 Å². The lowest BCUT2D eigenvalue weighted by Gasteiger charge is -2.18. The van der Waals surface area contributed by atoms with Crippen LogP contribution in [0.25, 0.3) is 10.9 Å². The maximum absolute atomic E-state index is 2.37. The van der Waals surface area contributed by atoms with Gasteiger partial charge in [-0.15, -0.1) is 0 Å². The summed E-state index contributed by atoms with van der Waals surface area (Å²) in [7, 11) is 0. The summed E-state index contributed by atoms with van der Waals surface area (Å²) < 4.78 is 2.37. The molecule has 0 bridgehead atoms. The SMILES string of the molecule is Cc1cccc2c1ccn2CCC(C)(C)C. The molecule has 2 rings (SSSR count). The third kappa shape index (κ3) is 2.29. The molecule has 0 aliphatic rings. The van der Waals surface area contributed by atoms with E-state index in [0.717, 1.165) is 6.54 Å². The van der Waals surface area contributed by atoms with Gasteiger partial charge in [-0.2, -0.15) is 0 Å². The van der Waals surface area contributed by atoms with Gasteiger partial charge in [-0.3, -0.25) is 0 Å². The summed E-state index contributed by atoms with van der Waals surface area (Å²) in [6.45, 7) is 10.2. The Balaban J connectivity index is 2.29. The second kappa shape index (κ2) is 3.97. The van der Waals surface area contributed by atoms with Gasteiger partial charge in [0.25, 0.3) is 0 Å². The van der Waals surface area contributed by atoms with Crippen molar-refractivity contribution in [3.8, 4) is 0 Å². The molecule has 1 nitrogen and oxygen atoms in total. The van der Waals surface area contributed by atoms with Gasteiger partial charge in [-0.05, 0) is 36.5 Å². The van der Waals surface area contributed by atoms with Gasteiger partial charge in [0.15, 0.2) is 0 Å². The van der Waals surface area contributed by atoms with Crippen molar-refractivity contribution in [1.29, 1.82) is 0 Å². The van der Waals surface area contributed by atoms with E-state index in [1.807, 2.05) is 0 Å². The van der Waals surface area contributed by atoms with Crippen LogP contribution in [0.5, 0.6) is 0 Å². The first-order chi connectivity index (χ1) is 7.47. The van der Waals surface area contributed by atoms with Crippen LogP contribution in [0.1, 0.15) is 32.8 Å². The van der Waals surface area contributed by atoms with Crippen molar-refractivity contribution in [2.75, 3.05) is 0 Å². The monoisotopic (exact) mass is 215 g/mol. The molecule has 0 aliphatic carbocycles. The first-order valence-corrected chi connectivity index (χ1v) is 6.02. The van der Waals surface area contributed by atoms with Crippen molar-refractivity contribution >= 4 is 10.9 Å². The molecule has 0 radical (unpaired) electrons. The molecule has 86 valence electrons. The maximum Gasteiger partial charge on any atom is 0.0482 e. The van der Waals surface area contributed by atoms with Crippen LogP contribution in [0.2, 0.25) is 0 Å². The second-order valence-electron chi connectivity index (χ2n) is 5.83. The second-order valence-corrected chi connectivity index (χ2v) is 5.83. The van der Waals surface area contributed by atoms with Crippen LogP contribution < -0.4 is 0 Å². The van der Waals surface area contributed by atoms with Crippen LogP contribution >= 0.6 is 0 Å². The molecular weight excluding hydrogens is 194 g/mol. The van der Waals surface area contributed by atoms with E-state index in [0.29, 0.717) is 5.41 Å². The van der Waals surface area contributed by atoms with Gasteiger partial charge in [-0.25, -0.2) is 0 Å². The molecule has 0 aliphatic heterocycles. The van der Waals surface area contributed by atoms with Crippen molar-refractivity contribution in [1.82, 2.24) is 4.57 Å². The van der Waals surface area contributed by atoms with E-state index in [4.69, 9.17) is 0 Å². The van der Waals surface area contributed by atoms with Crippen molar-refractivity contribution in [2.45, 2.75) is 40.7 Å². The number of aromatic nitrogens is 1. The molecular formula is C15H21N. The van der Waals surface area contributed by atoms with Gasteiger partial charge in [0.05, 0.1) is 0 Å². The number of fused-ring (bicyclic) bond motifs is 1. The zero-order valence-corrected chi connectivity index (χ0v) is 10.7. The Labute approximate surface area is 98.1 Å². The average molecular weight is 215 g/mol. The van der Waals surface area contributed by atoms with E-state index >= 15 is 0 Å². The first-order valence-electron chi connectivity index (χ1n) is 6.02. The minimum Gasteiger partial charge on any atom is -0.347 e. The summed E-state index contributed by atoms with van der Waals surface area (Å²) in [6, 6.07) is 8.76.